The zero-order valence-corrected chi connectivity index (χ0v) is 12.3. The van der Waals surface area contributed by atoms with Crippen molar-refractivity contribution in [2.75, 3.05) is 13.2 Å². The summed E-state index contributed by atoms with van der Waals surface area (Å²) < 4.78 is 20.0. The van der Waals surface area contributed by atoms with E-state index in [9.17, 15) is 4.39 Å². The number of rotatable bonds is 2. The fourth-order valence-electron chi connectivity index (χ4n) is 2.10. The van der Waals surface area contributed by atoms with Crippen molar-refractivity contribution < 1.29 is 9.13 Å². The molecule has 0 amide bonds. The molecule has 5 heteroatoms. The predicted octanol–water partition coefficient (Wildman–Crippen LogP) is 3.28. The molecule has 1 heterocycles. The number of halogens is 3. The molecule has 1 aliphatic heterocycles. The first-order valence-electron chi connectivity index (χ1n) is 5.47. The lowest BCUT2D eigenvalue weighted by Gasteiger charge is -2.28. The van der Waals surface area contributed by atoms with E-state index in [0.717, 1.165) is 29.6 Å². The summed E-state index contributed by atoms with van der Waals surface area (Å²) in [4.78, 5) is 0. The third-order valence-electron chi connectivity index (χ3n) is 3.09. The van der Waals surface area contributed by atoms with Gasteiger partial charge in [0.05, 0.1) is 0 Å². The van der Waals surface area contributed by atoms with Gasteiger partial charge in [0.15, 0.2) is 0 Å². The molecule has 0 spiro atoms. The highest BCUT2D eigenvalue weighted by Gasteiger charge is 2.24. The van der Waals surface area contributed by atoms with Crippen LogP contribution in [-0.4, -0.2) is 13.2 Å². The summed E-state index contributed by atoms with van der Waals surface area (Å²) in [5.41, 5.74) is 6.78. The van der Waals surface area contributed by atoms with Gasteiger partial charge in [0.2, 0.25) is 0 Å². The van der Waals surface area contributed by atoms with Gasteiger partial charge < -0.3 is 10.5 Å². The molecule has 2 N–H and O–H groups in total. The van der Waals surface area contributed by atoms with Crippen molar-refractivity contribution in [2.24, 2.45) is 11.7 Å². The average Bonchev–Trinajstić information content (AvgIpc) is 2.32. The van der Waals surface area contributed by atoms with E-state index >= 15 is 0 Å². The first-order chi connectivity index (χ1) is 7.68. The first kappa shape index (κ1) is 15.1. The Kier molecular flexibility index (Phi) is 6.12. The van der Waals surface area contributed by atoms with Crippen molar-refractivity contribution in [3.8, 4) is 0 Å². The van der Waals surface area contributed by atoms with Crippen LogP contribution < -0.4 is 5.73 Å². The van der Waals surface area contributed by atoms with E-state index in [2.05, 4.69) is 22.6 Å². The second-order valence-electron chi connectivity index (χ2n) is 4.14. The van der Waals surface area contributed by atoms with Gasteiger partial charge in [-0.15, -0.1) is 12.4 Å². The van der Waals surface area contributed by atoms with Gasteiger partial charge in [-0.3, -0.25) is 0 Å². The van der Waals surface area contributed by atoms with E-state index in [4.69, 9.17) is 10.5 Å². The maximum absolute atomic E-state index is 13.7. The van der Waals surface area contributed by atoms with E-state index in [1.807, 2.05) is 6.07 Å². The number of ether oxygens (including phenoxy) is 1. The van der Waals surface area contributed by atoms with Crippen molar-refractivity contribution in [3.05, 3.63) is 33.1 Å². The van der Waals surface area contributed by atoms with Crippen molar-refractivity contribution >= 4 is 35.0 Å². The summed E-state index contributed by atoms with van der Waals surface area (Å²) in [6.07, 6.45) is 1.85. The molecule has 2 nitrogen and oxygen atoms in total. The van der Waals surface area contributed by atoms with Crippen LogP contribution in [-0.2, 0) is 4.74 Å². The molecule has 1 aromatic rings. The van der Waals surface area contributed by atoms with Crippen molar-refractivity contribution in [1.29, 1.82) is 0 Å². The Labute approximate surface area is 121 Å². The Morgan fingerprint density at radius 1 is 1.35 bits per heavy atom. The van der Waals surface area contributed by atoms with E-state index in [-0.39, 0.29) is 24.3 Å². The minimum absolute atomic E-state index is 0. The van der Waals surface area contributed by atoms with E-state index in [1.54, 1.807) is 6.07 Å². The molecular formula is C12H16ClFINO. The third kappa shape index (κ3) is 3.77. The monoisotopic (exact) mass is 371 g/mol. The second kappa shape index (κ2) is 6.87. The Morgan fingerprint density at radius 2 is 2.00 bits per heavy atom. The number of hydrogen-bond donors (Lipinski definition) is 1. The van der Waals surface area contributed by atoms with Gasteiger partial charge in [-0.1, -0.05) is 0 Å². The highest BCUT2D eigenvalue weighted by Crippen LogP contribution is 2.30. The molecular weight excluding hydrogens is 355 g/mol. The second-order valence-corrected chi connectivity index (χ2v) is 5.39. The Bertz CT molecular complexity index is 372. The molecule has 0 aromatic heterocycles. The van der Waals surface area contributed by atoms with Crippen LogP contribution in [0.25, 0.3) is 0 Å². The molecule has 1 aromatic carbocycles. The van der Waals surface area contributed by atoms with Crippen LogP contribution in [0.15, 0.2) is 18.2 Å². The van der Waals surface area contributed by atoms with Gasteiger partial charge in [-0.05, 0) is 59.5 Å². The maximum atomic E-state index is 13.7. The molecule has 1 fully saturated rings. The molecule has 17 heavy (non-hydrogen) atoms. The fourth-order valence-corrected chi connectivity index (χ4v) is 2.61. The highest BCUT2D eigenvalue weighted by atomic mass is 127. The minimum atomic E-state index is -0.210. The normalized spacial score (nSPS) is 18.5. The Hall–Kier alpha value is 0.0900. The molecule has 0 radical (unpaired) electrons. The molecule has 1 atom stereocenters. The standard InChI is InChI=1S/C12H15FINO.ClH/c13-11-2-1-9(14)7-10(11)12(15)8-3-5-16-6-4-8;/h1-2,7-8,12H,3-6,15H2;1H/t12-;/m1./s1. The predicted molar refractivity (Wildman–Crippen MR) is 76.8 cm³/mol. The molecule has 1 saturated heterocycles. The topological polar surface area (TPSA) is 35.2 Å². The lowest BCUT2D eigenvalue weighted by atomic mass is 9.87. The number of nitrogens with two attached hydrogens (primary N) is 1. The van der Waals surface area contributed by atoms with Crippen molar-refractivity contribution in [2.45, 2.75) is 18.9 Å². The summed E-state index contributed by atoms with van der Waals surface area (Å²) in [5, 5.41) is 0. The summed E-state index contributed by atoms with van der Waals surface area (Å²) in [6.45, 7) is 1.48. The largest absolute Gasteiger partial charge is 0.381 e. The lowest BCUT2D eigenvalue weighted by Crippen LogP contribution is -2.28. The molecule has 0 aliphatic carbocycles. The average molecular weight is 372 g/mol. The highest BCUT2D eigenvalue weighted by molar-refractivity contribution is 14.1. The van der Waals surface area contributed by atoms with Crippen LogP contribution in [0.4, 0.5) is 4.39 Å². The lowest BCUT2D eigenvalue weighted by molar-refractivity contribution is 0.0580. The zero-order valence-electron chi connectivity index (χ0n) is 9.36. The van der Waals surface area contributed by atoms with Crippen LogP contribution in [0.1, 0.15) is 24.4 Å². The molecule has 0 saturated carbocycles. The van der Waals surface area contributed by atoms with Gasteiger partial charge in [-0.25, -0.2) is 4.39 Å². The smallest absolute Gasteiger partial charge is 0.128 e. The van der Waals surface area contributed by atoms with E-state index in [0.29, 0.717) is 11.5 Å². The van der Waals surface area contributed by atoms with Crippen LogP contribution >= 0.6 is 35.0 Å². The Morgan fingerprint density at radius 3 is 2.65 bits per heavy atom. The minimum Gasteiger partial charge on any atom is -0.381 e. The summed E-state index contributed by atoms with van der Waals surface area (Å²) in [6, 6.07) is 4.89. The molecule has 1 aliphatic rings. The van der Waals surface area contributed by atoms with E-state index < -0.39 is 0 Å². The molecule has 96 valence electrons. The van der Waals surface area contributed by atoms with Crippen LogP contribution in [0, 0.1) is 15.3 Å². The van der Waals surface area contributed by atoms with Gasteiger partial charge in [0.25, 0.3) is 0 Å². The maximum Gasteiger partial charge on any atom is 0.128 e. The quantitative estimate of drug-likeness (QED) is 0.810. The van der Waals surface area contributed by atoms with Gasteiger partial charge in [0.1, 0.15) is 5.82 Å². The van der Waals surface area contributed by atoms with Gasteiger partial charge in [-0.2, -0.15) is 0 Å². The molecule has 2 rings (SSSR count). The summed E-state index contributed by atoms with van der Waals surface area (Å²) >= 11 is 2.18. The van der Waals surface area contributed by atoms with Crippen LogP contribution in [0.2, 0.25) is 0 Å². The van der Waals surface area contributed by atoms with E-state index in [1.165, 1.54) is 6.07 Å². The first-order valence-corrected chi connectivity index (χ1v) is 6.54. The van der Waals surface area contributed by atoms with Crippen LogP contribution in [0.3, 0.4) is 0 Å². The Balaban J connectivity index is 0.00000144. The van der Waals surface area contributed by atoms with Crippen molar-refractivity contribution in [3.63, 3.8) is 0 Å². The number of benzene rings is 1. The zero-order chi connectivity index (χ0) is 11.5. The van der Waals surface area contributed by atoms with Gasteiger partial charge in [0, 0.05) is 28.4 Å². The molecule has 0 unspecified atom stereocenters. The molecule has 0 bridgehead atoms. The van der Waals surface area contributed by atoms with Crippen LogP contribution in [0.5, 0.6) is 0 Å². The van der Waals surface area contributed by atoms with Crippen molar-refractivity contribution in [1.82, 2.24) is 0 Å². The fraction of sp³-hybridized carbons (Fsp3) is 0.500. The SMILES string of the molecule is Cl.N[C@@H](c1cc(I)ccc1F)C1CCOCC1. The van der Waals surface area contributed by atoms with Gasteiger partial charge >= 0.3 is 0 Å². The summed E-state index contributed by atoms with van der Waals surface area (Å²) in [5.74, 6) is 0.140. The summed E-state index contributed by atoms with van der Waals surface area (Å²) in [7, 11) is 0. The number of hydrogen-bond acceptors (Lipinski definition) is 2. The third-order valence-corrected chi connectivity index (χ3v) is 3.76.